The maximum Gasteiger partial charge on any atom is 0.229 e. The van der Waals surface area contributed by atoms with Crippen molar-refractivity contribution in [1.82, 2.24) is 10.2 Å². The topological polar surface area (TPSA) is 32.3 Å². The number of amides is 1. The molecule has 1 N–H and O–H groups in total. The molecule has 1 aromatic rings. The zero-order valence-electron chi connectivity index (χ0n) is 13.4. The summed E-state index contributed by atoms with van der Waals surface area (Å²) in [6.07, 6.45) is 1.50. The first-order chi connectivity index (χ1) is 10.5. The largest absolute Gasteiger partial charge is 0.339 e. The number of hydrogen-bond donors (Lipinski definition) is 1. The van der Waals surface area contributed by atoms with E-state index in [2.05, 4.69) is 5.32 Å². The van der Waals surface area contributed by atoms with Crippen molar-refractivity contribution in [3.63, 3.8) is 0 Å². The summed E-state index contributed by atoms with van der Waals surface area (Å²) in [5, 5.41) is 3.29. The smallest absolute Gasteiger partial charge is 0.229 e. The summed E-state index contributed by atoms with van der Waals surface area (Å²) >= 11 is 0. The molecule has 2 fully saturated rings. The molecule has 23 heavy (non-hydrogen) atoms. The minimum atomic E-state index is -0.840. The van der Waals surface area contributed by atoms with E-state index in [4.69, 9.17) is 0 Å². The summed E-state index contributed by atoms with van der Waals surface area (Å²) in [6.45, 7) is 6.16. The Balaban J connectivity index is 0.00000192. The minimum Gasteiger partial charge on any atom is -0.339 e. The molecule has 2 saturated heterocycles. The summed E-state index contributed by atoms with van der Waals surface area (Å²) < 4.78 is 26.9. The van der Waals surface area contributed by atoms with Gasteiger partial charge in [-0.05, 0) is 57.5 Å². The first-order valence-electron chi connectivity index (χ1n) is 7.92. The molecule has 128 valence electrons. The van der Waals surface area contributed by atoms with Gasteiger partial charge in [0, 0.05) is 18.5 Å². The Bertz CT molecular complexity index is 588. The summed E-state index contributed by atoms with van der Waals surface area (Å²) in [5.74, 6) is -1.58. The number of hydrogen-bond acceptors (Lipinski definition) is 2. The number of nitrogens with zero attached hydrogens (tertiary/aromatic N) is 1. The van der Waals surface area contributed by atoms with E-state index in [-0.39, 0.29) is 30.3 Å². The number of nitrogens with one attached hydrogen (secondary N) is 1. The van der Waals surface area contributed by atoms with Gasteiger partial charge >= 0.3 is 0 Å². The molecule has 0 aliphatic carbocycles. The fourth-order valence-corrected chi connectivity index (χ4v) is 3.92. The molecule has 2 heterocycles. The zero-order chi connectivity index (χ0) is 15.9. The zero-order valence-corrected chi connectivity index (χ0v) is 14.3. The van der Waals surface area contributed by atoms with E-state index in [1.807, 2.05) is 18.7 Å². The van der Waals surface area contributed by atoms with Crippen LogP contribution >= 0.6 is 12.4 Å². The maximum absolute atomic E-state index is 13.7. The van der Waals surface area contributed by atoms with Crippen molar-refractivity contribution in [2.45, 2.75) is 38.6 Å². The van der Waals surface area contributed by atoms with Crippen LogP contribution in [0.15, 0.2) is 18.2 Å². The highest BCUT2D eigenvalue weighted by molar-refractivity contribution is 5.87. The monoisotopic (exact) mass is 344 g/mol. The van der Waals surface area contributed by atoms with E-state index in [0.29, 0.717) is 6.54 Å². The van der Waals surface area contributed by atoms with Gasteiger partial charge in [-0.1, -0.05) is 6.07 Å². The maximum atomic E-state index is 13.7. The Morgan fingerprint density at radius 1 is 1.22 bits per heavy atom. The lowest BCUT2D eigenvalue weighted by molar-refractivity contribution is -0.139. The number of rotatable bonds is 2. The molecule has 0 bridgehead atoms. The van der Waals surface area contributed by atoms with Gasteiger partial charge in [0.2, 0.25) is 5.91 Å². The van der Waals surface area contributed by atoms with Gasteiger partial charge in [-0.2, -0.15) is 0 Å². The molecule has 3 rings (SSSR count). The average Bonchev–Trinajstić information content (AvgIpc) is 2.77. The molecule has 1 atom stereocenters. The molecule has 0 aromatic heterocycles. The third-order valence-corrected chi connectivity index (χ3v) is 5.20. The Labute approximate surface area is 141 Å². The van der Waals surface area contributed by atoms with Gasteiger partial charge in [-0.15, -0.1) is 12.4 Å². The van der Waals surface area contributed by atoms with E-state index >= 15 is 0 Å². The van der Waals surface area contributed by atoms with Crippen molar-refractivity contribution in [2.75, 3.05) is 19.6 Å². The van der Waals surface area contributed by atoms with Gasteiger partial charge in [-0.3, -0.25) is 4.79 Å². The van der Waals surface area contributed by atoms with Gasteiger partial charge in [-0.25, -0.2) is 8.78 Å². The lowest BCUT2D eigenvalue weighted by atomic mass is 9.68. The molecule has 1 amide bonds. The van der Waals surface area contributed by atoms with Crippen LogP contribution in [0.25, 0.3) is 0 Å². The van der Waals surface area contributed by atoms with Crippen LogP contribution in [0.4, 0.5) is 8.78 Å². The molecular weight excluding hydrogens is 322 g/mol. The highest BCUT2D eigenvalue weighted by Crippen LogP contribution is 2.50. The van der Waals surface area contributed by atoms with Crippen LogP contribution in [-0.2, 0) is 4.79 Å². The van der Waals surface area contributed by atoms with E-state index in [0.717, 1.165) is 31.5 Å². The molecule has 1 spiro atoms. The van der Waals surface area contributed by atoms with Crippen molar-refractivity contribution in [1.29, 1.82) is 0 Å². The minimum absolute atomic E-state index is 0. The molecule has 2 aliphatic rings. The quantitative estimate of drug-likeness (QED) is 0.894. The lowest BCUT2D eigenvalue weighted by Crippen LogP contribution is -2.45. The van der Waals surface area contributed by atoms with Crippen molar-refractivity contribution in [3.8, 4) is 0 Å². The van der Waals surface area contributed by atoms with Crippen LogP contribution in [0.2, 0.25) is 0 Å². The Kier molecular flexibility index (Phi) is 5.31. The van der Waals surface area contributed by atoms with Crippen LogP contribution in [0.5, 0.6) is 0 Å². The highest BCUT2D eigenvalue weighted by Gasteiger charge is 2.54. The molecule has 0 saturated carbocycles. The number of piperidine rings is 1. The highest BCUT2D eigenvalue weighted by atomic mass is 35.5. The second-order valence-electron chi connectivity index (χ2n) is 6.68. The van der Waals surface area contributed by atoms with Gasteiger partial charge in [0.05, 0.1) is 5.41 Å². The first kappa shape index (κ1) is 18.1. The first-order valence-corrected chi connectivity index (χ1v) is 7.92. The van der Waals surface area contributed by atoms with Crippen LogP contribution in [-0.4, -0.2) is 36.5 Å². The predicted octanol–water partition coefficient (Wildman–Crippen LogP) is 3.09. The summed E-state index contributed by atoms with van der Waals surface area (Å²) in [7, 11) is 0. The van der Waals surface area contributed by atoms with Crippen molar-refractivity contribution in [2.24, 2.45) is 5.41 Å². The molecular formula is C17H23ClF2N2O. The predicted molar refractivity (Wildman–Crippen MR) is 87.7 cm³/mol. The number of benzene rings is 1. The summed E-state index contributed by atoms with van der Waals surface area (Å²) in [5.41, 5.74) is 0.261. The van der Waals surface area contributed by atoms with Gasteiger partial charge in [0.25, 0.3) is 0 Å². The number of likely N-dealkylation sites (tertiary alicyclic amines) is 1. The Hall–Kier alpha value is -1.20. The molecule has 3 nitrogen and oxygen atoms in total. The van der Waals surface area contributed by atoms with Crippen molar-refractivity contribution in [3.05, 3.63) is 35.4 Å². The number of carbonyl (C=O) groups excluding carboxylic acids is 1. The summed E-state index contributed by atoms with van der Waals surface area (Å²) in [4.78, 5) is 14.9. The van der Waals surface area contributed by atoms with E-state index in [1.165, 1.54) is 12.1 Å². The molecule has 1 aromatic carbocycles. The van der Waals surface area contributed by atoms with Crippen molar-refractivity contribution < 1.29 is 13.6 Å². The van der Waals surface area contributed by atoms with Gasteiger partial charge < -0.3 is 10.2 Å². The molecule has 0 radical (unpaired) electrons. The third kappa shape index (κ3) is 2.96. The normalized spacial score (nSPS) is 23.4. The van der Waals surface area contributed by atoms with Crippen LogP contribution in [0.1, 0.15) is 38.2 Å². The van der Waals surface area contributed by atoms with Gasteiger partial charge in [0.1, 0.15) is 0 Å². The number of halogens is 3. The van der Waals surface area contributed by atoms with E-state index < -0.39 is 17.0 Å². The Morgan fingerprint density at radius 3 is 2.43 bits per heavy atom. The van der Waals surface area contributed by atoms with Crippen LogP contribution in [0, 0.1) is 17.0 Å². The standard InChI is InChI=1S/C17H22F2N2O.ClH/c1-11(2)21-10-13(12-3-4-14(18)15(19)9-12)17(16(21)22)5-7-20-8-6-17;/h3-4,9,11,13,20H,5-8,10H2,1-2H3;1H. The van der Waals surface area contributed by atoms with E-state index in [9.17, 15) is 13.6 Å². The number of carbonyl (C=O) groups is 1. The molecule has 1 unspecified atom stereocenters. The van der Waals surface area contributed by atoms with E-state index in [1.54, 1.807) is 6.07 Å². The second-order valence-corrected chi connectivity index (χ2v) is 6.68. The SMILES string of the molecule is CC(C)N1CC(c2ccc(F)c(F)c2)C2(CCNCC2)C1=O.Cl. The molecule has 2 aliphatic heterocycles. The van der Waals surface area contributed by atoms with Crippen molar-refractivity contribution >= 4 is 18.3 Å². The lowest BCUT2D eigenvalue weighted by Gasteiger charge is -2.37. The average molecular weight is 345 g/mol. The summed E-state index contributed by atoms with van der Waals surface area (Å²) in [6, 6.07) is 4.18. The van der Waals surface area contributed by atoms with Crippen LogP contribution in [0.3, 0.4) is 0 Å². The molecule has 6 heteroatoms. The second kappa shape index (κ2) is 6.73. The fourth-order valence-electron chi connectivity index (χ4n) is 3.92. The Morgan fingerprint density at radius 2 is 1.87 bits per heavy atom. The third-order valence-electron chi connectivity index (χ3n) is 5.20. The fraction of sp³-hybridized carbons (Fsp3) is 0.588. The van der Waals surface area contributed by atoms with Crippen LogP contribution < -0.4 is 5.32 Å². The van der Waals surface area contributed by atoms with Gasteiger partial charge in [0.15, 0.2) is 11.6 Å².